The molecule has 16 rings (SSSR count). The molecule has 0 saturated heterocycles. The van der Waals surface area contributed by atoms with Crippen molar-refractivity contribution in [3.8, 4) is 69.8 Å². The van der Waals surface area contributed by atoms with E-state index >= 15 is 0 Å². The maximum atomic E-state index is 14.0. The van der Waals surface area contributed by atoms with Crippen LogP contribution in [0.5, 0.6) is 69.8 Å². The van der Waals surface area contributed by atoms with Crippen LogP contribution in [0.2, 0.25) is 0 Å². The number of aromatic nitrogens is 3. The van der Waals surface area contributed by atoms with E-state index in [1.54, 1.807) is 72.8 Å². The number of aromatic hydroxyl groups is 6. The third-order valence-electron chi connectivity index (χ3n) is 17.5. The Balaban J connectivity index is 0.793. The number of benzene rings is 9. The molecule has 498 valence electrons. The van der Waals surface area contributed by atoms with E-state index in [0.717, 1.165) is 0 Å². The van der Waals surface area contributed by atoms with Crippen molar-refractivity contribution in [1.82, 2.24) is 15.0 Å². The molecule has 0 atom stereocenters. The lowest BCUT2D eigenvalue weighted by atomic mass is 9.84. The molecule has 0 amide bonds. The van der Waals surface area contributed by atoms with Gasteiger partial charge in [0.2, 0.25) is 0 Å². The Morgan fingerprint density at radius 3 is 0.578 bits per heavy atom. The van der Waals surface area contributed by atoms with Crippen LogP contribution < -0.4 is 48.0 Å². The van der Waals surface area contributed by atoms with Crippen LogP contribution in [-0.4, -0.2) is 45.6 Å². The molecular formula is C78H45N3O21. The number of para-hydroxylation sites is 6. The van der Waals surface area contributed by atoms with Gasteiger partial charge in [0.25, 0.3) is 0 Å². The smallest absolute Gasteiger partial charge is 0.344 e. The predicted octanol–water partition coefficient (Wildman–Crippen LogP) is 13.7. The third-order valence-corrected chi connectivity index (χ3v) is 17.5. The van der Waals surface area contributed by atoms with E-state index in [2.05, 4.69) is 15.0 Å². The zero-order valence-corrected chi connectivity index (χ0v) is 52.2. The highest BCUT2D eigenvalue weighted by Gasteiger charge is 2.37. The summed E-state index contributed by atoms with van der Waals surface area (Å²) in [5, 5.41) is 71.9. The SMILES string of the molecule is O=c1oc2ccccc2c(O)c1C(c1ccc(Oc2nc(Oc3ccc(C(c4c(O)c5ccccc5oc4=O)c4c(O)c5ccccc5oc4=O)cc3)nc(Oc3ccc(C(c4c(O)c5ccccc5oc4=O)c4c(O)c5ccccc5oc4=O)cc3)n2)cc1)c1c(O)c2ccccc2oc1=O. The van der Waals surface area contributed by atoms with Crippen LogP contribution in [0.25, 0.3) is 65.8 Å². The minimum absolute atomic E-state index is 0.00149. The van der Waals surface area contributed by atoms with Crippen molar-refractivity contribution in [2.75, 3.05) is 0 Å². The molecular weight excluding hydrogens is 1310 g/mol. The van der Waals surface area contributed by atoms with Crippen molar-refractivity contribution in [1.29, 1.82) is 0 Å². The molecule has 16 aromatic rings. The van der Waals surface area contributed by atoms with Crippen LogP contribution in [0, 0.1) is 0 Å². The van der Waals surface area contributed by atoms with Crippen LogP contribution in [0.4, 0.5) is 0 Å². The molecule has 102 heavy (non-hydrogen) atoms. The van der Waals surface area contributed by atoms with Gasteiger partial charge in [0.05, 0.1) is 83.5 Å². The molecule has 0 saturated carbocycles. The first kappa shape index (κ1) is 62.3. The van der Waals surface area contributed by atoms with Gasteiger partial charge in [0.1, 0.15) is 85.2 Å². The highest BCUT2D eigenvalue weighted by molar-refractivity contribution is 5.90. The van der Waals surface area contributed by atoms with Crippen molar-refractivity contribution in [2.45, 2.75) is 17.8 Å². The number of hydrogen-bond acceptors (Lipinski definition) is 24. The molecule has 0 aliphatic heterocycles. The van der Waals surface area contributed by atoms with Gasteiger partial charge in [-0.15, -0.1) is 15.0 Å². The van der Waals surface area contributed by atoms with Crippen LogP contribution >= 0.6 is 0 Å². The number of nitrogens with zero attached hydrogens (tertiary/aromatic N) is 3. The fraction of sp³-hybridized carbons (Fsp3) is 0.0385. The first-order valence-electron chi connectivity index (χ1n) is 31.1. The van der Waals surface area contributed by atoms with Gasteiger partial charge in [-0.25, -0.2) is 28.8 Å². The van der Waals surface area contributed by atoms with Crippen molar-refractivity contribution >= 4 is 65.8 Å². The molecule has 0 radical (unpaired) electrons. The van der Waals surface area contributed by atoms with Crippen molar-refractivity contribution < 1.29 is 71.4 Å². The van der Waals surface area contributed by atoms with Gasteiger partial charge in [-0.1, -0.05) is 109 Å². The lowest BCUT2D eigenvalue weighted by Crippen LogP contribution is -2.21. The van der Waals surface area contributed by atoms with E-state index in [-0.39, 0.29) is 99.8 Å². The number of ether oxygens (including phenoxy) is 3. The molecule has 0 bridgehead atoms. The molecule has 9 aromatic carbocycles. The summed E-state index contributed by atoms with van der Waals surface area (Å²) in [6.07, 6.45) is 0. The summed E-state index contributed by atoms with van der Waals surface area (Å²) < 4.78 is 52.8. The topological polar surface area (TPSA) is 369 Å². The second kappa shape index (κ2) is 24.8. The summed E-state index contributed by atoms with van der Waals surface area (Å²) >= 11 is 0. The second-order valence-electron chi connectivity index (χ2n) is 23.4. The average molecular weight is 1360 g/mol. The third kappa shape index (κ3) is 10.8. The highest BCUT2D eigenvalue weighted by Crippen LogP contribution is 2.47. The van der Waals surface area contributed by atoms with Crippen LogP contribution in [0.15, 0.2) is 274 Å². The molecule has 0 aliphatic rings. The van der Waals surface area contributed by atoms with Gasteiger partial charge in [-0.05, 0) is 126 Å². The average Bonchev–Trinajstić information content (AvgIpc) is 0.755. The normalized spacial score (nSPS) is 11.7. The summed E-state index contributed by atoms with van der Waals surface area (Å²) in [5.74, 6) is -7.77. The van der Waals surface area contributed by atoms with E-state index in [4.69, 9.17) is 40.7 Å². The van der Waals surface area contributed by atoms with E-state index in [0.29, 0.717) is 0 Å². The first-order valence-corrected chi connectivity index (χ1v) is 31.1. The first-order chi connectivity index (χ1) is 49.5. The zero-order valence-electron chi connectivity index (χ0n) is 52.2. The second-order valence-corrected chi connectivity index (χ2v) is 23.4. The number of hydrogen-bond donors (Lipinski definition) is 6. The van der Waals surface area contributed by atoms with Gasteiger partial charge in [0, 0.05) is 0 Å². The van der Waals surface area contributed by atoms with Gasteiger partial charge in [0.15, 0.2) is 0 Å². The lowest BCUT2D eigenvalue weighted by Gasteiger charge is -2.20. The summed E-state index contributed by atoms with van der Waals surface area (Å²) in [7, 11) is 0. The standard InChI is InChI=1S/C78H45N3O21/c82-64-43-13-1-7-19-49(43)97-70(88)58(64)55(59-65(83)44-14-2-8-20-50(44)98-71(59)89)37-25-31-40(32-26-37)94-76-79-77(95-41-33-27-38(28-34-41)56(60-66(84)45-15-3-9-21-51(45)99-72(60)90)61-67(85)46-16-4-10-22-52(46)100-73(61)91)81-78(80-76)96-42-35-29-39(30-36-42)57(62-68(86)47-17-5-11-23-53(47)101-74(62)92)63-69(87)48-18-6-12-24-54(48)102-75(63)93/h1-36,55-57,82-87H. The van der Waals surface area contributed by atoms with E-state index in [1.807, 2.05) is 0 Å². The van der Waals surface area contributed by atoms with Crippen molar-refractivity contribution in [3.05, 3.63) is 331 Å². The monoisotopic (exact) mass is 1360 g/mol. The summed E-state index contributed by atoms with van der Waals surface area (Å²) in [4.78, 5) is 97.6. The predicted molar refractivity (Wildman–Crippen MR) is 367 cm³/mol. The minimum Gasteiger partial charge on any atom is -0.507 e. The Labute approximate surface area is 568 Å². The molecule has 0 unspecified atom stereocenters. The van der Waals surface area contributed by atoms with E-state index in [9.17, 15) is 59.4 Å². The Hall–Kier alpha value is -14.6. The van der Waals surface area contributed by atoms with E-state index < -0.39 is 137 Å². The van der Waals surface area contributed by atoms with Gasteiger partial charge in [-0.2, -0.15) is 0 Å². The Kier molecular flexibility index (Phi) is 15.2. The Morgan fingerprint density at radius 2 is 0.402 bits per heavy atom. The molecule has 24 heteroatoms. The molecule has 0 aliphatic carbocycles. The number of rotatable bonds is 15. The van der Waals surface area contributed by atoms with Gasteiger partial charge < -0.3 is 71.4 Å². The van der Waals surface area contributed by atoms with E-state index in [1.165, 1.54) is 146 Å². The van der Waals surface area contributed by atoms with Gasteiger partial charge >= 0.3 is 51.8 Å². The van der Waals surface area contributed by atoms with Crippen LogP contribution in [0.1, 0.15) is 67.8 Å². The quantitative estimate of drug-likeness (QED) is 0.0519. The number of fused-ring (bicyclic) bond motifs is 6. The molecule has 7 heterocycles. The summed E-state index contributed by atoms with van der Waals surface area (Å²) in [5.41, 5.74) is -7.85. The zero-order chi connectivity index (χ0) is 70.2. The Morgan fingerprint density at radius 1 is 0.235 bits per heavy atom. The summed E-state index contributed by atoms with van der Waals surface area (Å²) in [6.45, 7) is 0. The fourth-order valence-corrected chi connectivity index (χ4v) is 12.8. The molecule has 0 fully saturated rings. The minimum atomic E-state index is -1.53. The largest absolute Gasteiger partial charge is 0.507 e. The highest BCUT2D eigenvalue weighted by atomic mass is 16.5. The summed E-state index contributed by atoms with van der Waals surface area (Å²) in [6, 6.07) is 52.8. The molecule has 0 spiro atoms. The molecule has 6 N–H and O–H groups in total. The van der Waals surface area contributed by atoms with Gasteiger partial charge in [-0.3, -0.25) is 0 Å². The Bertz CT molecular complexity index is 5570. The lowest BCUT2D eigenvalue weighted by molar-refractivity contribution is 0.362. The maximum absolute atomic E-state index is 14.0. The maximum Gasteiger partial charge on any atom is 0.344 e. The van der Waals surface area contributed by atoms with Crippen molar-refractivity contribution in [3.63, 3.8) is 0 Å². The molecule has 7 aromatic heterocycles. The molecule has 24 nitrogen and oxygen atoms in total. The van der Waals surface area contributed by atoms with Crippen LogP contribution in [-0.2, 0) is 0 Å². The fourth-order valence-electron chi connectivity index (χ4n) is 12.8. The van der Waals surface area contributed by atoms with Crippen LogP contribution in [0.3, 0.4) is 0 Å². The van der Waals surface area contributed by atoms with Crippen molar-refractivity contribution in [2.24, 2.45) is 0 Å².